The lowest BCUT2D eigenvalue weighted by atomic mass is 10.2. The molecular formula is C10H16N2O. The van der Waals surface area contributed by atoms with E-state index in [1.54, 1.807) is 0 Å². The van der Waals surface area contributed by atoms with E-state index >= 15 is 0 Å². The predicted molar refractivity (Wildman–Crippen MR) is 52.7 cm³/mol. The lowest BCUT2D eigenvalue weighted by Gasteiger charge is -2.08. The minimum absolute atomic E-state index is 0.478. The second-order valence-electron chi connectivity index (χ2n) is 2.97. The van der Waals surface area contributed by atoms with Crippen LogP contribution in [0.1, 0.15) is 24.6 Å². The average molecular weight is 180 g/mol. The van der Waals surface area contributed by atoms with Crippen molar-refractivity contribution < 1.29 is 4.74 Å². The number of rotatable bonds is 4. The van der Waals surface area contributed by atoms with Crippen LogP contribution in [0.5, 0.6) is 5.88 Å². The minimum Gasteiger partial charge on any atom is -0.477 e. The standard InChI is InChI=1S/C10H16N2O/c1-3-6-13-10-9(7-11)5-4-8(2)12-10/h4-5H,3,6-7,11H2,1-2H3. The number of aryl methyl sites for hydroxylation is 1. The highest BCUT2D eigenvalue weighted by atomic mass is 16.5. The van der Waals surface area contributed by atoms with Crippen LogP contribution in [-0.4, -0.2) is 11.6 Å². The highest BCUT2D eigenvalue weighted by Gasteiger charge is 2.03. The van der Waals surface area contributed by atoms with Gasteiger partial charge in [0.15, 0.2) is 0 Å². The van der Waals surface area contributed by atoms with E-state index in [1.807, 2.05) is 19.1 Å². The third-order valence-corrected chi connectivity index (χ3v) is 1.74. The van der Waals surface area contributed by atoms with E-state index in [1.165, 1.54) is 0 Å². The molecule has 1 aromatic rings. The number of aromatic nitrogens is 1. The molecule has 2 N–H and O–H groups in total. The maximum absolute atomic E-state index is 5.55. The maximum Gasteiger partial charge on any atom is 0.218 e. The van der Waals surface area contributed by atoms with Gasteiger partial charge in [0, 0.05) is 17.8 Å². The molecule has 72 valence electrons. The molecule has 0 atom stereocenters. The smallest absolute Gasteiger partial charge is 0.218 e. The van der Waals surface area contributed by atoms with Gasteiger partial charge in [-0.25, -0.2) is 4.98 Å². The molecule has 1 rings (SSSR count). The first-order chi connectivity index (χ1) is 6.27. The first-order valence-electron chi connectivity index (χ1n) is 4.57. The largest absolute Gasteiger partial charge is 0.477 e. The summed E-state index contributed by atoms with van der Waals surface area (Å²) in [6.07, 6.45) is 0.986. The molecular weight excluding hydrogens is 164 g/mol. The molecule has 0 aliphatic rings. The molecule has 0 amide bonds. The number of nitrogens with two attached hydrogens (primary N) is 1. The summed E-state index contributed by atoms with van der Waals surface area (Å²) in [5.41, 5.74) is 7.49. The molecule has 1 heterocycles. The van der Waals surface area contributed by atoms with Crippen molar-refractivity contribution in [1.29, 1.82) is 0 Å². The lowest BCUT2D eigenvalue weighted by molar-refractivity contribution is 0.301. The van der Waals surface area contributed by atoms with Gasteiger partial charge in [-0.3, -0.25) is 0 Å². The van der Waals surface area contributed by atoms with Gasteiger partial charge in [0.1, 0.15) is 0 Å². The van der Waals surface area contributed by atoms with Crippen molar-refractivity contribution in [3.63, 3.8) is 0 Å². The summed E-state index contributed by atoms with van der Waals surface area (Å²) in [4.78, 5) is 4.28. The number of pyridine rings is 1. The van der Waals surface area contributed by atoms with Crippen molar-refractivity contribution in [1.82, 2.24) is 4.98 Å². The van der Waals surface area contributed by atoms with Crippen LogP contribution in [0.25, 0.3) is 0 Å². The molecule has 3 heteroatoms. The highest BCUT2D eigenvalue weighted by molar-refractivity contribution is 5.27. The van der Waals surface area contributed by atoms with Crippen LogP contribution in [0.2, 0.25) is 0 Å². The van der Waals surface area contributed by atoms with Crippen LogP contribution < -0.4 is 10.5 Å². The molecule has 0 aliphatic carbocycles. The second-order valence-corrected chi connectivity index (χ2v) is 2.97. The van der Waals surface area contributed by atoms with Crippen LogP contribution in [0.15, 0.2) is 12.1 Å². The van der Waals surface area contributed by atoms with Crippen molar-refractivity contribution in [3.05, 3.63) is 23.4 Å². The molecule has 0 saturated carbocycles. The quantitative estimate of drug-likeness (QED) is 0.766. The molecule has 0 fully saturated rings. The molecule has 0 saturated heterocycles. The Bertz CT molecular complexity index is 274. The summed E-state index contributed by atoms with van der Waals surface area (Å²) in [6, 6.07) is 3.91. The fraction of sp³-hybridized carbons (Fsp3) is 0.500. The summed E-state index contributed by atoms with van der Waals surface area (Å²) in [6.45, 7) is 5.19. The van der Waals surface area contributed by atoms with Crippen LogP contribution in [0.3, 0.4) is 0 Å². The normalized spacial score (nSPS) is 10.1. The Kier molecular flexibility index (Phi) is 3.71. The highest BCUT2D eigenvalue weighted by Crippen LogP contribution is 2.15. The zero-order chi connectivity index (χ0) is 9.68. The molecule has 0 aliphatic heterocycles. The Hall–Kier alpha value is -1.09. The molecule has 0 spiro atoms. The summed E-state index contributed by atoms with van der Waals surface area (Å²) >= 11 is 0. The maximum atomic E-state index is 5.55. The fourth-order valence-electron chi connectivity index (χ4n) is 1.04. The zero-order valence-electron chi connectivity index (χ0n) is 8.21. The Morgan fingerprint density at radius 1 is 1.46 bits per heavy atom. The van der Waals surface area contributed by atoms with Gasteiger partial charge in [0.05, 0.1) is 6.61 Å². The zero-order valence-corrected chi connectivity index (χ0v) is 8.21. The first kappa shape index (κ1) is 9.99. The Labute approximate surface area is 78.9 Å². The molecule has 0 radical (unpaired) electrons. The average Bonchev–Trinajstić information content (AvgIpc) is 2.15. The van der Waals surface area contributed by atoms with E-state index in [9.17, 15) is 0 Å². The molecule has 1 aromatic heterocycles. The van der Waals surface area contributed by atoms with Crippen LogP contribution in [0.4, 0.5) is 0 Å². The van der Waals surface area contributed by atoms with E-state index in [-0.39, 0.29) is 0 Å². The first-order valence-corrected chi connectivity index (χ1v) is 4.57. The van der Waals surface area contributed by atoms with Crippen molar-refractivity contribution in [3.8, 4) is 5.88 Å². The van der Waals surface area contributed by atoms with E-state index < -0.39 is 0 Å². The van der Waals surface area contributed by atoms with Gasteiger partial charge in [0.2, 0.25) is 5.88 Å². The Morgan fingerprint density at radius 2 is 2.23 bits per heavy atom. The number of hydrogen-bond acceptors (Lipinski definition) is 3. The van der Waals surface area contributed by atoms with Crippen molar-refractivity contribution >= 4 is 0 Å². The number of ether oxygens (including phenoxy) is 1. The van der Waals surface area contributed by atoms with Gasteiger partial charge in [-0.2, -0.15) is 0 Å². The summed E-state index contributed by atoms with van der Waals surface area (Å²) in [5, 5.41) is 0. The van der Waals surface area contributed by atoms with Gasteiger partial charge in [-0.15, -0.1) is 0 Å². The van der Waals surface area contributed by atoms with Crippen molar-refractivity contribution in [2.24, 2.45) is 5.73 Å². The van der Waals surface area contributed by atoms with Crippen LogP contribution >= 0.6 is 0 Å². The molecule has 3 nitrogen and oxygen atoms in total. The van der Waals surface area contributed by atoms with Crippen molar-refractivity contribution in [2.45, 2.75) is 26.8 Å². The number of nitrogens with zero attached hydrogens (tertiary/aromatic N) is 1. The van der Waals surface area contributed by atoms with Crippen LogP contribution in [0, 0.1) is 6.92 Å². The number of hydrogen-bond donors (Lipinski definition) is 1. The third kappa shape index (κ3) is 2.70. The lowest BCUT2D eigenvalue weighted by Crippen LogP contribution is -2.05. The summed E-state index contributed by atoms with van der Waals surface area (Å²) in [7, 11) is 0. The van der Waals surface area contributed by atoms with E-state index in [0.29, 0.717) is 19.0 Å². The van der Waals surface area contributed by atoms with Gasteiger partial charge in [0.25, 0.3) is 0 Å². The van der Waals surface area contributed by atoms with Crippen LogP contribution in [-0.2, 0) is 6.54 Å². The SMILES string of the molecule is CCCOc1nc(C)ccc1CN. The second kappa shape index (κ2) is 4.82. The fourth-order valence-corrected chi connectivity index (χ4v) is 1.04. The molecule has 0 aromatic carbocycles. The van der Waals surface area contributed by atoms with E-state index in [2.05, 4.69) is 11.9 Å². The Morgan fingerprint density at radius 3 is 2.85 bits per heavy atom. The van der Waals surface area contributed by atoms with Crippen molar-refractivity contribution in [2.75, 3.05) is 6.61 Å². The van der Waals surface area contributed by atoms with E-state index in [0.717, 1.165) is 17.7 Å². The summed E-state index contributed by atoms with van der Waals surface area (Å²) in [5.74, 6) is 0.685. The minimum atomic E-state index is 0.478. The Balaban J connectivity index is 2.81. The molecule has 0 unspecified atom stereocenters. The molecule has 0 bridgehead atoms. The van der Waals surface area contributed by atoms with Gasteiger partial charge in [-0.1, -0.05) is 13.0 Å². The van der Waals surface area contributed by atoms with Gasteiger partial charge < -0.3 is 10.5 Å². The predicted octanol–water partition coefficient (Wildman–Crippen LogP) is 1.64. The van der Waals surface area contributed by atoms with E-state index in [4.69, 9.17) is 10.5 Å². The third-order valence-electron chi connectivity index (χ3n) is 1.74. The monoisotopic (exact) mass is 180 g/mol. The molecule has 13 heavy (non-hydrogen) atoms. The van der Waals surface area contributed by atoms with Gasteiger partial charge >= 0.3 is 0 Å². The van der Waals surface area contributed by atoms with Gasteiger partial charge in [-0.05, 0) is 19.4 Å². The topological polar surface area (TPSA) is 48.1 Å². The summed E-state index contributed by atoms with van der Waals surface area (Å²) < 4.78 is 5.47.